The van der Waals surface area contributed by atoms with Gasteiger partial charge in [0.15, 0.2) is 5.84 Å². The molecule has 0 saturated carbocycles. The van der Waals surface area contributed by atoms with Crippen molar-refractivity contribution in [1.29, 1.82) is 0 Å². The predicted molar refractivity (Wildman–Crippen MR) is 96.5 cm³/mol. The maximum atomic E-state index is 12.3. The highest BCUT2D eigenvalue weighted by atomic mass is 35.5. The number of carbonyl (C=O) groups is 1. The Morgan fingerprint density at radius 2 is 1.71 bits per heavy atom. The lowest BCUT2D eigenvalue weighted by Gasteiger charge is -2.05. The molecule has 0 radical (unpaired) electrons. The van der Waals surface area contributed by atoms with Crippen LogP contribution in [0, 0.1) is 0 Å². The first-order chi connectivity index (χ1) is 11.6. The smallest absolute Gasteiger partial charge is 0.366 e. The molecule has 3 aromatic carbocycles. The maximum Gasteiger partial charge on any atom is 0.366 e. The van der Waals surface area contributed by atoms with Crippen molar-refractivity contribution >= 4 is 45.8 Å². The van der Waals surface area contributed by atoms with Crippen LogP contribution in [0.2, 0.25) is 10.0 Å². The Morgan fingerprint density at radius 3 is 2.50 bits per heavy atom. The third-order valence-corrected chi connectivity index (χ3v) is 3.99. The van der Waals surface area contributed by atoms with Gasteiger partial charge in [0.2, 0.25) is 0 Å². The lowest BCUT2D eigenvalue weighted by atomic mass is 10.1. The number of oxime groups is 1. The maximum absolute atomic E-state index is 12.3. The van der Waals surface area contributed by atoms with Crippen LogP contribution in [-0.4, -0.2) is 11.8 Å². The van der Waals surface area contributed by atoms with E-state index in [9.17, 15) is 4.79 Å². The van der Waals surface area contributed by atoms with Gasteiger partial charge in [0.05, 0.1) is 10.6 Å². The third kappa shape index (κ3) is 3.35. The van der Waals surface area contributed by atoms with Crippen LogP contribution in [-0.2, 0) is 4.84 Å². The molecule has 0 bridgehead atoms. The molecular weight excluding hydrogens is 347 g/mol. The normalized spacial score (nSPS) is 11.5. The molecule has 0 aliphatic heterocycles. The molecule has 2 N–H and O–H groups in total. The molecular formula is C18H12Cl2N2O2. The van der Waals surface area contributed by atoms with E-state index in [2.05, 4.69) is 5.16 Å². The van der Waals surface area contributed by atoms with E-state index in [0.717, 1.165) is 10.8 Å². The summed E-state index contributed by atoms with van der Waals surface area (Å²) in [6.45, 7) is 0. The summed E-state index contributed by atoms with van der Waals surface area (Å²) < 4.78 is 0. The van der Waals surface area contributed by atoms with Crippen LogP contribution < -0.4 is 5.73 Å². The molecule has 24 heavy (non-hydrogen) atoms. The summed E-state index contributed by atoms with van der Waals surface area (Å²) in [4.78, 5) is 17.3. The van der Waals surface area contributed by atoms with Crippen molar-refractivity contribution in [2.75, 3.05) is 0 Å². The Balaban J connectivity index is 1.86. The van der Waals surface area contributed by atoms with Crippen molar-refractivity contribution < 1.29 is 9.63 Å². The fourth-order valence-corrected chi connectivity index (χ4v) is 2.79. The van der Waals surface area contributed by atoms with Crippen molar-refractivity contribution in [2.24, 2.45) is 10.9 Å². The van der Waals surface area contributed by atoms with Crippen LogP contribution >= 0.6 is 23.2 Å². The number of benzene rings is 3. The van der Waals surface area contributed by atoms with Gasteiger partial charge in [-0.1, -0.05) is 64.8 Å². The molecule has 0 amide bonds. The van der Waals surface area contributed by atoms with E-state index in [1.165, 1.54) is 6.07 Å². The highest BCUT2D eigenvalue weighted by Gasteiger charge is 2.12. The summed E-state index contributed by atoms with van der Waals surface area (Å²) in [5.74, 6) is -0.606. The quantitative estimate of drug-likeness (QED) is 0.321. The lowest BCUT2D eigenvalue weighted by molar-refractivity contribution is 0.0518. The minimum Gasteiger partial charge on any atom is -0.380 e. The van der Waals surface area contributed by atoms with Crippen LogP contribution in [0.1, 0.15) is 15.9 Å². The van der Waals surface area contributed by atoms with E-state index in [0.29, 0.717) is 21.2 Å². The predicted octanol–water partition coefficient (Wildman–Crippen LogP) is 4.62. The van der Waals surface area contributed by atoms with Gasteiger partial charge in [-0.25, -0.2) is 4.79 Å². The highest BCUT2D eigenvalue weighted by molar-refractivity contribution is 6.36. The van der Waals surface area contributed by atoms with E-state index < -0.39 is 5.97 Å². The van der Waals surface area contributed by atoms with Crippen LogP contribution in [0.4, 0.5) is 0 Å². The van der Waals surface area contributed by atoms with Gasteiger partial charge in [-0.05, 0) is 35.0 Å². The molecule has 3 rings (SSSR count). The van der Waals surface area contributed by atoms with Gasteiger partial charge >= 0.3 is 5.97 Å². The zero-order chi connectivity index (χ0) is 17.1. The molecule has 0 spiro atoms. The largest absolute Gasteiger partial charge is 0.380 e. The van der Waals surface area contributed by atoms with Crippen molar-refractivity contribution in [1.82, 2.24) is 0 Å². The van der Waals surface area contributed by atoms with Crippen molar-refractivity contribution in [3.63, 3.8) is 0 Å². The summed E-state index contributed by atoms with van der Waals surface area (Å²) >= 11 is 11.9. The van der Waals surface area contributed by atoms with E-state index in [1.54, 1.807) is 24.3 Å². The van der Waals surface area contributed by atoms with Gasteiger partial charge in [0.25, 0.3) is 0 Å². The molecule has 0 atom stereocenters. The van der Waals surface area contributed by atoms with Gasteiger partial charge in [-0.2, -0.15) is 0 Å². The number of nitrogens with zero attached hydrogens (tertiary/aromatic N) is 1. The number of rotatable bonds is 3. The summed E-state index contributed by atoms with van der Waals surface area (Å²) in [5, 5.41) is 6.20. The number of carbonyl (C=O) groups excluding carboxylic acids is 1. The second-order valence-corrected chi connectivity index (χ2v) is 5.85. The van der Waals surface area contributed by atoms with Crippen molar-refractivity contribution in [3.8, 4) is 0 Å². The van der Waals surface area contributed by atoms with Gasteiger partial charge in [-0.3, -0.25) is 0 Å². The SMILES string of the molecule is N/C(=N/OC(=O)c1cccc2ccccc12)c1ccc(Cl)cc1Cl. The van der Waals surface area contributed by atoms with E-state index in [-0.39, 0.29) is 5.84 Å². The standard InChI is InChI=1S/C18H12Cl2N2O2/c19-12-8-9-15(16(20)10-12)17(21)22-24-18(23)14-7-3-5-11-4-1-2-6-13(11)14/h1-10H,(H2,21,22). The molecule has 0 unspecified atom stereocenters. The van der Waals surface area contributed by atoms with Gasteiger partial charge in [0, 0.05) is 10.6 Å². The molecule has 0 heterocycles. The highest BCUT2D eigenvalue weighted by Crippen LogP contribution is 2.22. The Morgan fingerprint density at radius 1 is 0.958 bits per heavy atom. The van der Waals surface area contributed by atoms with Crippen LogP contribution in [0.15, 0.2) is 65.8 Å². The first-order valence-corrected chi connectivity index (χ1v) is 7.80. The summed E-state index contributed by atoms with van der Waals surface area (Å²) in [5.41, 5.74) is 6.68. The summed E-state index contributed by atoms with van der Waals surface area (Å²) in [6.07, 6.45) is 0. The van der Waals surface area contributed by atoms with Crippen LogP contribution in [0.3, 0.4) is 0 Å². The topological polar surface area (TPSA) is 64.7 Å². The molecule has 0 aliphatic rings. The van der Waals surface area contributed by atoms with Crippen molar-refractivity contribution in [2.45, 2.75) is 0 Å². The van der Waals surface area contributed by atoms with Gasteiger partial charge < -0.3 is 10.6 Å². The fourth-order valence-electron chi connectivity index (χ4n) is 2.29. The minimum absolute atomic E-state index is 0.00902. The molecule has 0 saturated heterocycles. The first kappa shape index (κ1) is 16.3. The monoisotopic (exact) mass is 358 g/mol. The van der Waals surface area contributed by atoms with E-state index >= 15 is 0 Å². The van der Waals surface area contributed by atoms with Crippen LogP contribution in [0.25, 0.3) is 10.8 Å². The zero-order valence-corrected chi connectivity index (χ0v) is 13.9. The van der Waals surface area contributed by atoms with Crippen molar-refractivity contribution in [3.05, 3.63) is 81.8 Å². The lowest BCUT2D eigenvalue weighted by Crippen LogP contribution is -2.16. The average molecular weight is 359 g/mol. The number of hydrogen-bond donors (Lipinski definition) is 1. The Hall–Kier alpha value is -2.56. The molecule has 0 aromatic heterocycles. The fraction of sp³-hybridized carbons (Fsp3) is 0. The molecule has 6 heteroatoms. The summed E-state index contributed by atoms with van der Waals surface area (Å²) in [7, 11) is 0. The molecule has 120 valence electrons. The minimum atomic E-state index is -0.597. The van der Waals surface area contributed by atoms with E-state index in [4.69, 9.17) is 33.8 Å². The van der Waals surface area contributed by atoms with Gasteiger partial charge in [0.1, 0.15) is 0 Å². The number of amidine groups is 1. The van der Waals surface area contributed by atoms with Crippen LogP contribution in [0.5, 0.6) is 0 Å². The number of fused-ring (bicyclic) bond motifs is 1. The Labute approximate surface area is 148 Å². The summed E-state index contributed by atoms with van der Waals surface area (Å²) in [6, 6.07) is 17.6. The number of hydrogen-bond acceptors (Lipinski definition) is 3. The third-order valence-electron chi connectivity index (χ3n) is 3.44. The second-order valence-electron chi connectivity index (χ2n) is 5.01. The zero-order valence-electron chi connectivity index (χ0n) is 12.4. The number of nitrogens with two attached hydrogens (primary N) is 1. The average Bonchev–Trinajstić information content (AvgIpc) is 2.59. The Bertz CT molecular complexity index is 949. The second kappa shape index (κ2) is 6.91. The molecule has 3 aromatic rings. The molecule has 4 nitrogen and oxygen atoms in total. The van der Waals surface area contributed by atoms with Gasteiger partial charge in [-0.15, -0.1) is 0 Å². The number of halogens is 2. The Kier molecular flexibility index (Phi) is 4.69. The first-order valence-electron chi connectivity index (χ1n) is 7.04. The van der Waals surface area contributed by atoms with E-state index in [1.807, 2.05) is 30.3 Å². The molecule has 0 fully saturated rings. The molecule has 0 aliphatic carbocycles.